The smallest absolute Gasteiger partial charge is 0.336 e. The van der Waals surface area contributed by atoms with Crippen molar-refractivity contribution in [3.8, 4) is 23.1 Å². The minimum atomic E-state index is -0.0204. The van der Waals surface area contributed by atoms with Crippen LogP contribution in [0, 0.1) is 6.92 Å². The molecule has 1 heterocycles. The molecule has 180 valence electrons. The third kappa shape index (κ3) is 6.55. The molecule has 7 heteroatoms. The maximum atomic E-state index is 12.4. The fraction of sp³-hybridized carbons (Fsp3) is 0.250. The summed E-state index contributed by atoms with van der Waals surface area (Å²) in [6.45, 7) is 5.47. The van der Waals surface area contributed by atoms with Gasteiger partial charge in [0.1, 0.15) is 6.61 Å². The molecule has 0 aliphatic rings. The average molecular weight is 471 g/mol. The van der Waals surface area contributed by atoms with E-state index in [1.807, 2.05) is 92.7 Å². The van der Waals surface area contributed by atoms with Crippen LogP contribution in [0.3, 0.4) is 0 Å². The molecule has 0 spiro atoms. The molecular formula is C28H30N4O3. The first kappa shape index (κ1) is 24.2. The Bertz CT molecular complexity index is 1240. The van der Waals surface area contributed by atoms with E-state index in [9.17, 15) is 4.79 Å². The summed E-state index contributed by atoms with van der Waals surface area (Å²) in [4.78, 5) is 17.0. The van der Waals surface area contributed by atoms with Crippen LogP contribution < -0.4 is 10.1 Å². The van der Waals surface area contributed by atoms with E-state index in [0.29, 0.717) is 44.5 Å². The van der Waals surface area contributed by atoms with Gasteiger partial charge in [-0.3, -0.25) is 4.79 Å². The lowest BCUT2D eigenvalue weighted by Gasteiger charge is -2.09. The van der Waals surface area contributed by atoms with E-state index < -0.39 is 0 Å². The average Bonchev–Trinajstić information content (AvgIpc) is 3.31. The highest BCUT2D eigenvalue weighted by Crippen LogP contribution is 2.27. The second-order valence-corrected chi connectivity index (χ2v) is 8.07. The summed E-state index contributed by atoms with van der Waals surface area (Å²) in [6, 6.07) is 25.9. The highest BCUT2D eigenvalue weighted by Gasteiger charge is 2.16. The zero-order valence-corrected chi connectivity index (χ0v) is 20.1. The minimum Gasteiger partial charge on any atom is -0.460 e. The Labute approximate surface area is 205 Å². The van der Waals surface area contributed by atoms with Crippen molar-refractivity contribution in [3.63, 3.8) is 0 Å². The van der Waals surface area contributed by atoms with Crippen LogP contribution in [0.2, 0.25) is 0 Å². The second-order valence-electron chi connectivity index (χ2n) is 8.07. The second kappa shape index (κ2) is 11.9. The molecular weight excluding hydrogens is 440 g/mol. The van der Waals surface area contributed by atoms with E-state index in [0.717, 1.165) is 28.1 Å². The van der Waals surface area contributed by atoms with Crippen LogP contribution in [0.15, 0.2) is 78.9 Å². The molecule has 0 unspecified atom stereocenters. The Hall–Kier alpha value is -3.97. The van der Waals surface area contributed by atoms with Crippen molar-refractivity contribution in [1.29, 1.82) is 0 Å². The Balaban J connectivity index is 1.49. The maximum Gasteiger partial charge on any atom is 0.336 e. The maximum absolute atomic E-state index is 12.4. The predicted octanol–water partition coefficient (Wildman–Crippen LogP) is 5.23. The summed E-state index contributed by atoms with van der Waals surface area (Å²) < 4.78 is 12.8. The molecule has 1 N–H and O–H groups in total. The summed E-state index contributed by atoms with van der Waals surface area (Å²) in [5.74, 6) is 0.669. The number of aryl methyl sites for hydroxylation is 2. The van der Waals surface area contributed by atoms with Crippen LogP contribution in [0.25, 0.3) is 17.1 Å². The van der Waals surface area contributed by atoms with E-state index in [4.69, 9.17) is 9.47 Å². The molecule has 1 amide bonds. The van der Waals surface area contributed by atoms with Crippen molar-refractivity contribution in [1.82, 2.24) is 14.8 Å². The first-order valence-electron chi connectivity index (χ1n) is 11.8. The molecule has 4 aromatic rings. The van der Waals surface area contributed by atoms with Crippen LogP contribution >= 0.6 is 0 Å². The lowest BCUT2D eigenvalue weighted by atomic mass is 10.1. The van der Waals surface area contributed by atoms with Crippen molar-refractivity contribution >= 4 is 11.6 Å². The molecule has 35 heavy (non-hydrogen) atoms. The quantitative estimate of drug-likeness (QED) is 0.304. The predicted molar refractivity (Wildman–Crippen MR) is 137 cm³/mol. The van der Waals surface area contributed by atoms with Crippen LogP contribution in [-0.4, -0.2) is 40.5 Å². The van der Waals surface area contributed by atoms with Gasteiger partial charge in [-0.2, -0.15) is 4.98 Å². The van der Waals surface area contributed by atoms with E-state index in [1.165, 1.54) is 0 Å². The fourth-order valence-corrected chi connectivity index (χ4v) is 3.68. The number of rotatable bonds is 11. The number of benzene rings is 3. The van der Waals surface area contributed by atoms with Crippen LogP contribution in [-0.2, 0) is 16.0 Å². The SMILES string of the molecule is CCOCCOc1nc(-c2ccccc2C)n(-c2ccc(NC(=O)CCc3ccccc3)cc2)n1. The summed E-state index contributed by atoms with van der Waals surface area (Å²) in [6.07, 6.45) is 1.13. The third-order valence-corrected chi connectivity index (χ3v) is 5.52. The monoisotopic (exact) mass is 470 g/mol. The number of nitrogens with zero attached hydrogens (tertiary/aromatic N) is 3. The van der Waals surface area contributed by atoms with Gasteiger partial charge in [-0.15, -0.1) is 5.10 Å². The molecule has 7 nitrogen and oxygen atoms in total. The zero-order valence-electron chi connectivity index (χ0n) is 20.1. The third-order valence-electron chi connectivity index (χ3n) is 5.52. The van der Waals surface area contributed by atoms with Gasteiger partial charge in [0.05, 0.1) is 12.3 Å². The van der Waals surface area contributed by atoms with Crippen LogP contribution in [0.4, 0.5) is 5.69 Å². The molecule has 1 aromatic heterocycles. The molecule has 0 radical (unpaired) electrons. The van der Waals surface area contributed by atoms with Crippen molar-refractivity contribution in [2.45, 2.75) is 26.7 Å². The topological polar surface area (TPSA) is 78.3 Å². The van der Waals surface area contributed by atoms with Gasteiger partial charge in [0, 0.05) is 24.3 Å². The molecule has 4 rings (SSSR count). The molecule has 0 fully saturated rings. The van der Waals surface area contributed by atoms with Crippen molar-refractivity contribution in [2.24, 2.45) is 0 Å². The lowest BCUT2D eigenvalue weighted by molar-refractivity contribution is -0.116. The molecule has 0 atom stereocenters. The number of anilines is 1. The normalized spacial score (nSPS) is 10.8. The van der Waals surface area contributed by atoms with E-state index >= 15 is 0 Å². The zero-order chi connectivity index (χ0) is 24.5. The van der Waals surface area contributed by atoms with E-state index in [-0.39, 0.29) is 5.91 Å². The van der Waals surface area contributed by atoms with E-state index in [1.54, 1.807) is 4.68 Å². The van der Waals surface area contributed by atoms with Gasteiger partial charge in [0.2, 0.25) is 5.91 Å². The molecule has 0 saturated carbocycles. The fourth-order valence-electron chi connectivity index (χ4n) is 3.68. The van der Waals surface area contributed by atoms with Gasteiger partial charge in [-0.05, 0) is 55.7 Å². The number of nitrogens with one attached hydrogen (secondary N) is 1. The van der Waals surface area contributed by atoms with Gasteiger partial charge in [-0.1, -0.05) is 54.6 Å². The number of ether oxygens (including phenoxy) is 2. The number of hydrogen-bond acceptors (Lipinski definition) is 5. The Morgan fingerprint density at radius 2 is 1.69 bits per heavy atom. The number of carbonyl (C=O) groups excluding carboxylic acids is 1. The van der Waals surface area contributed by atoms with Gasteiger partial charge in [-0.25, -0.2) is 4.68 Å². The van der Waals surface area contributed by atoms with Gasteiger partial charge >= 0.3 is 6.01 Å². The molecule has 0 saturated heterocycles. The summed E-state index contributed by atoms with van der Waals surface area (Å²) in [7, 11) is 0. The molecule has 0 aliphatic carbocycles. The number of aromatic nitrogens is 3. The largest absolute Gasteiger partial charge is 0.460 e. The van der Waals surface area contributed by atoms with Crippen molar-refractivity contribution in [3.05, 3.63) is 90.0 Å². The lowest BCUT2D eigenvalue weighted by Crippen LogP contribution is -2.12. The van der Waals surface area contributed by atoms with Crippen LogP contribution in [0.1, 0.15) is 24.5 Å². The van der Waals surface area contributed by atoms with Gasteiger partial charge in [0.25, 0.3) is 0 Å². The number of amides is 1. The molecule has 0 aliphatic heterocycles. The van der Waals surface area contributed by atoms with Crippen molar-refractivity contribution in [2.75, 3.05) is 25.1 Å². The van der Waals surface area contributed by atoms with Gasteiger partial charge in [0.15, 0.2) is 5.82 Å². The standard InChI is InChI=1S/C28H30N4O3/c1-3-34-19-20-35-28-30-27(25-12-8-7-9-21(25)2)32(31-28)24-16-14-23(15-17-24)29-26(33)18-13-22-10-5-4-6-11-22/h4-12,14-17H,3,13,18-20H2,1-2H3,(H,29,33). The highest BCUT2D eigenvalue weighted by molar-refractivity contribution is 5.90. The molecule has 3 aromatic carbocycles. The summed E-state index contributed by atoms with van der Waals surface area (Å²) in [5, 5.41) is 7.56. The van der Waals surface area contributed by atoms with Crippen LogP contribution in [0.5, 0.6) is 6.01 Å². The Morgan fingerprint density at radius 3 is 2.43 bits per heavy atom. The Kier molecular flexibility index (Phi) is 8.25. The summed E-state index contributed by atoms with van der Waals surface area (Å²) in [5.41, 5.74) is 4.75. The van der Waals surface area contributed by atoms with Crippen molar-refractivity contribution < 1.29 is 14.3 Å². The molecule has 0 bridgehead atoms. The van der Waals surface area contributed by atoms with Gasteiger partial charge < -0.3 is 14.8 Å². The van der Waals surface area contributed by atoms with E-state index in [2.05, 4.69) is 15.4 Å². The summed E-state index contributed by atoms with van der Waals surface area (Å²) >= 11 is 0. The number of hydrogen-bond donors (Lipinski definition) is 1. The highest BCUT2D eigenvalue weighted by atomic mass is 16.5. The first-order valence-corrected chi connectivity index (χ1v) is 11.8. The minimum absolute atomic E-state index is 0.0204. The number of carbonyl (C=O) groups is 1. The first-order chi connectivity index (χ1) is 17.1. The Morgan fingerprint density at radius 1 is 0.943 bits per heavy atom.